The summed E-state index contributed by atoms with van der Waals surface area (Å²) >= 11 is 0. The van der Waals surface area contributed by atoms with E-state index in [0.717, 1.165) is 38.2 Å². The summed E-state index contributed by atoms with van der Waals surface area (Å²) in [4.78, 5) is 16.1. The van der Waals surface area contributed by atoms with Gasteiger partial charge in [-0.15, -0.1) is 12.4 Å². The van der Waals surface area contributed by atoms with E-state index in [2.05, 4.69) is 15.6 Å². The Kier molecular flexibility index (Phi) is 7.21. The van der Waals surface area contributed by atoms with Crippen LogP contribution in [-0.4, -0.2) is 30.5 Å². The maximum atomic E-state index is 12.6. The Morgan fingerprint density at radius 1 is 1.11 bits per heavy atom. The molecule has 8 heteroatoms. The van der Waals surface area contributed by atoms with Gasteiger partial charge in [0, 0.05) is 23.9 Å². The van der Waals surface area contributed by atoms with Crippen LogP contribution < -0.4 is 10.6 Å². The smallest absolute Gasteiger partial charge is 0.352 e. The zero-order chi connectivity index (χ0) is 18.6. The van der Waals surface area contributed by atoms with Gasteiger partial charge in [0.25, 0.3) is 5.91 Å². The number of rotatable bonds is 4. The molecule has 1 amide bonds. The largest absolute Gasteiger partial charge is 0.417 e. The number of nitrogens with zero attached hydrogens (tertiary/aromatic N) is 1. The lowest BCUT2D eigenvalue weighted by Crippen LogP contribution is -2.35. The Morgan fingerprint density at radius 2 is 1.78 bits per heavy atom. The lowest BCUT2D eigenvalue weighted by molar-refractivity contribution is -0.137. The van der Waals surface area contributed by atoms with Crippen LogP contribution in [0.4, 0.5) is 13.2 Å². The van der Waals surface area contributed by atoms with Gasteiger partial charge in [0.15, 0.2) is 0 Å². The Bertz CT molecular complexity index is 742. The van der Waals surface area contributed by atoms with Crippen molar-refractivity contribution in [1.82, 2.24) is 15.6 Å². The number of hydrogen-bond acceptors (Lipinski definition) is 3. The first-order valence-corrected chi connectivity index (χ1v) is 8.56. The van der Waals surface area contributed by atoms with Crippen molar-refractivity contribution in [3.05, 3.63) is 53.7 Å². The fourth-order valence-electron chi connectivity index (χ4n) is 2.95. The van der Waals surface area contributed by atoms with Crippen LogP contribution in [0.25, 0.3) is 11.3 Å². The second-order valence-electron chi connectivity index (χ2n) is 6.41. The SMILES string of the molecule is Cl.O=C(NCC1CCNCC1)c1ccc(-c2ccc(C(F)(F)F)cn2)cc1. The summed E-state index contributed by atoms with van der Waals surface area (Å²) in [6.45, 7) is 2.62. The highest BCUT2D eigenvalue weighted by Gasteiger charge is 2.30. The van der Waals surface area contributed by atoms with Gasteiger partial charge in [0.1, 0.15) is 0 Å². The van der Waals surface area contributed by atoms with E-state index >= 15 is 0 Å². The Labute approximate surface area is 162 Å². The Hall–Kier alpha value is -2.12. The van der Waals surface area contributed by atoms with Crippen LogP contribution in [0.1, 0.15) is 28.8 Å². The molecule has 1 aliphatic heterocycles. The van der Waals surface area contributed by atoms with Crippen LogP contribution in [0.2, 0.25) is 0 Å². The molecule has 3 rings (SSSR count). The summed E-state index contributed by atoms with van der Waals surface area (Å²) in [7, 11) is 0. The monoisotopic (exact) mass is 399 g/mol. The maximum absolute atomic E-state index is 12.6. The fraction of sp³-hybridized carbons (Fsp3) is 0.368. The summed E-state index contributed by atoms with van der Waals surface area (Å²) in [6, 6.07) is 9.03. The summed E-state index contributed by atoms with van der Waals surface area (Å²) in [5.74, 6) is 0.353. The number of amides is 1. The van der Waals surface area contributed by atoms with Crippen molar-refractivity contribution in [1.29, 1.82) is 0 Å². The maximum Gasteiger partial charge on any atom is 0.417 e. The molecule has 4 nitrogen and oxygen atoms in total. The summed E-state index contributed by atoms with van der Waals surface area (Å²) in [5.41, 5.74) is 0.832. The minimum absolute atomic E-state index is 0. The molecule has 2 aromatic rings. The van der Waals surface area contributed by atoms with Crippen molar-refractivity contribution in [2.45, 2.75) is 19.0 Å². The Morgan fingerprint density at radius 3 is 2.33 bits per heavy atom. The molecule has 2 N–H and O–H groups in total. The molecular formula is C19H21ClF3N3O. The van der Waals surface area contributed by atoms with Gasteiger partial charge in [0.2, 0.25) is 0 Å². The molecule has 0 atom stereocenters. The lowest BCUT2D eigenvalue weighted by atomic mass is 9.98. The van der Waals surface area contributed by atoms with E-state index in [0.29, 0.717) is 29.3 Å². The molecule has 0 unspecified atom stereocenters. The average Bonchev–Trinajstić information content (AvgIpc) is 2.66. The number of carbonyl (C=O) groups excluding carboxylic acids is 1. The molecule has 1 saturated heterocycles. The lowest BCUT2D eigenvalue weighted by Gasteiger charge is -2.22. The van der Waals surface area contributed by atoms with E-state index in [1.54, 1.807) is 24.3 Å². The van der Waals surface area contributed by atoms with Crippen LogP contribution in [0.5, 0.6) is 0 Å². The summed E-state index contributed by atoms with van der Waals surface area (Å²) in [6.07, 6.45) is -1.48. The minimum Gasteiger partial charge on any atom is -0.352 e. The molecule has 2 heterocycles. The number of piperidine rings is 1. The predicted molar refractivity (Wildman–Crippen MR) is 99.8 cm³/mol. The van der Waals surface area contributed by atoms with Gasteiger partial charge in [-0.2, -0.15) is 13.2 Å². The standard InChI is InChI=1S/C19H20F3N3O.ClH/c20-19(21,22)16-5-6-17(24-12-16)14-1-3-15(4-2-14)18(26)25-11-13-7-9-23-10-8-13;/h1-6,12-13,23H,7-11H2,(H,25,26);1H. The van der Waals surface area contributed by atoms with E-state index in [1.165, 1.54) is 6.07 Å². The first-order valence-electron chi connectivity index (χ1n) is 8.56. The van der Waals surface area contributed by atoms with Crippen LogP contribution in [0.15, 0.2) is 42.6 Å². The van der Waals surface area contributed by atoms with Gasteiger partial charge in [-0.1, -0.05) is 12.1 Å². The van der Waals surface area contributed by atoms with Crippen LogP contribution in [-0.2, 0) is 6.18 Å². The number of carbonyl (C=O) groups is 1. The van der Waals surface area contributed by atoms with Crippen molar-refractivity contribution in [2.75, 3.05) is 19.6 Å². The number of pyridine rings is 1. The molecule has 1 aromatic heterocycles. The molecule has 0 radical (unpaired) electrons. The summed E-state index contributed by atoms with van der Waals surface area (Å²) < 4.78 is 37.7. The minimum atomic E-state index is -4.40. The van der Waals surface area contributed by atoms with Crippen LogP contribution in [0.3, 0.4) is 0 Å². The zero-order valence-corrected chi connectivity index (χ0v) is 15.4. The van der Waals surface area contributed by atoms with Gasteiger partial charge < -0.3 is 10.6 Å². The van der Waals surface area contributed by atoms with Crippen LogP contribution in [0, 0.1) is 5.92 Å². The molecular weight excluding hydrogens is 379 g/mol. The van der Waals surface area contributed by atoms with Crippen LogP contribution >= 0.6 is 12.4 Å². The number of aromatic nitrogens is 1. The number of hydrogen-bond donors (Lipinski definition) is 2. The topological polar surface area (TPSA) is 54.0 Å². The average molecular weight is 400 g/mol. The van der Waals surface area contributed by atoms with Gasteiger partial charge in [-0.25, -0.2) is 0 Å². The van der Waals surface area contributed by atoms with E-state index in [4.69, 9.17) is 0 Å². The second kappa shape index (κ2) is 9.19. The second-order valence-corrected chi connectivity index (χ2v) is 6.41. The highest BCUT2D eigenvalue weighted by Crippen LogP contribution is 2.29. The quantitative estimate of drug-likeness (QED) is 0.819. The van der Waals surface area contributed by atoms with Crippen molar-refractivity contribution >= 4 is 18.3 Å². The highest BCUT2D eigenvalue weighted by atomic mass is 35.5. The molecule has 1 aliphatic rings. The van der Waals surface area contributed by atoms with Gasteiger partial charge >= 0.3 is 6.18 Å². The van der Waals surface area contributed by atoms with Crippen molar-refractivity contribution in [2.24, 2.45) is 5.92 Å². The molecule has 1 aromatic carbocycles. The molecule has 0 spiro atoms. The van der Waals surface area contributed by atoms with Gasteiger partial charge in [-0.3, -0.25) is 9.78 Å². The third kappa shape index (κ3) is 5.68. The molecule has 146 valence electrons. The summed E-state index contributed by atoms with van der Waals surface area (Å²) in [5, 5.41) is 6.23. The van der Waals surface area contributed by atoms with E-state index in [1.807, 2.05) is 0 Å². The first kappa shape index (κ1) is 21.2. The molecule has 1 fully saturated rings. The number of alkyl halides is 3. The van der Waals surface area contributed by atoms with E-state index < -0.39 is 11.7 Å². The van der Waals surface area contributed by atoms with E-state index in [-0.39, 0.29) is 18.3 Å². The highest BCUT2D eigenvalue weighted by molar-refractivity contribution is 5.94. The molecule has 0 saturated carbocycles. The Balaban J connectivity index is 0.00000261. The van der Waals surface area contributed by atoms with Crippen molar-refractivity contribution in [3.8, 4) is 11.3 Å². The third-order valence-electron chi connectivity index (χ3n) is 4.54. The molecule has 0 aliphatic carbocycles. The van der Waals surface area contributed by atoms with Crippen molar-refractivity contribution < 1.29 is 18.0 Å². The molecule has 27 heavy (non-hydrogen) atoms. The molecule has 0 bridgehead atoms. The third-order valence-corrected chi connectivity index (χ3v) is 4.54. The first-order chi connectivity index (χ1) is 12.4. The van der Waals surface area contributed by atoms with Gasteiger partial charge in [-0.05, 0) is 56.1 Å². The normalized spacial score (nSPS) is 15.1. The zero-order valence-electron chi connectivity index (χ0n) is 14.6. The van der Waals surface area contributed by atoms with Crippen molar-refractivity contribution in [3.63, 3.8) is 0 Å². The number of benzene rings is 1. The predicted octanol–water partition coefficient (Wildman–Crippen LogP) is 3.92. The van der Waals surface area contributed by atoms with Gasteiger partial charge in [0.05, 0.1) is 11.3 Å². The number of halogens is 4. The number of nitrogens with one attached hydrogen (secondary N) is 2. The van der Waals surface area contributed by atoms with E-state index in [9.17, 15) is 18.0 Å². The fourth-order valence-corrected chi connectivity index (χ4v) is 2.95.